The van der Waals surface area contributed by atoms with E-state index >= 15 is 0 Å². The molecule has 1 N–H and O–H groups in total. The van der Waals surface area contributed by atoms with E-state index in [0.29, 0.717) is 11.8 Å². The molecule has 1 rings (SSSR count). The molecular weight excluding hydrogens is 210 g/mol. The van der Waals surface area contributed by atoms with Crippen LogP contribution in [0.25, 0.3) is 0 Å². The molecule has 0 aliphatic heterocycles. The van der Waals surface area contributed by atoms with E-state index < -0.39 is 0 Å². The molecule has 0 bridgehead atoms. The zero-order valence-corrected chi connectivity index (χ0v) is 11.3. The molecule has 0 amide bonds. The van der Waals surface area contributed by atoms with Crippen LogP contribution >= 0.6 is 0 Å². The highest BCUT2D eigenvalue weighted by Crippen LogP contribution is 2.30. The van der Waals surface area contributed by atoms with Gasteiger partial charge in [0.1, 0.15) is 5.75 Å². The lowest BCUT2D eigenvalue weighted by Gasteiger charge is -2.28. The third-order valence-electron chi connectivity index (χ3n) is 3.33. The number of nitrogens with zero attached hydrogens (tertiary/aromatic N) is 1. The fourth-order valence-corrected chi connectivity index (χ4v) is 2.31. The summed E-state index contributed by atoms with van der Waals surface area (Å²) < 4.78 is 0. The van der Waals surface area contributed by atoms with Crippen molar-refractivity contribution in [3.63, 3.8) is 0 Å². The summed E-state index contributed by atoms with van der Waals surface area (Å²) in [4.78, 5) is 2.35. The van der Waals surface area contributed by atoms with Crippen LogP contribution in [0, 0.1) is 0 Å². The van der Waals surface area contributed by atoms with Gasteiger partial charge in [-0.2, -0.15) is 0 Å². The van der Waals surface area contributed by atoms with Crippen molar-refractivity contribution in [2.45, 2.75) is 45.6 Å². The van der Waals surface area contributed by atoms with Gasteiger partial charge in [-0.3, -0.25) is 4.90 Å². The maximum atomic E-state index is 9.91. The maximum Gasteiger partial charge on any atom is 0.120 e. The minimum atomic E-state index is 0.327. The Morgan fingerprint density at radius 1 is 1.18 bits per heavy atom. The van der Waals surface area contributed by atoms with E-state index in [-0.39, 0.29) is 0 Å². The average molecular weight is 235 g/mol. The summed E-state index contributed by atoms with van der Waals surface area (Å²) in [6, 6.07) is 8.01. The first-order valence-corrected chi connectivity index (χ1v) is 6.68. The van der Waals surface area contributed by atoms with E-state index in [4.69, 9.17) is 0 Å². The van der Waals surface area contributed by atoms with E-state index in [1.54, 1.807) is 6.07 Å². The van der Waals surface area contributed by atoms with Gasteiger partial charge in [0.05, 0.1) is 0 Å². The lowest BCUT2D eigenvalue weighted by Crippen LogP contribution is -2.25. The van der Waals surface area contributed by atoms with Crippen LogP contribution in [-0.4, -0.2) is 23.6 Å². The van der Waals surface area contributed by atoms with Gasteiger partial charge in [0, 0.05) is 11.6 Å². The topological polar surface area (TPSA) is 23.5 Å². The van der Waals surface area contributed by atoms with Crippen molar-refractivity contribution in [2.75, 3.05) is 13.6 Å². The zero-order chi connectivity index (χ0) is 12.7. The molecule has 1 atom stereocenters. The van der Waals surface area contributed by atoms with Crippen molar-refractivity contribution >= 4 is 0 Å². The van der Waals surface area contributed by atoms with E-state index in [1.165, 1.54) is 19.3 Å². The van der Waals surface area contributed by atoms with Crippen LogP contribution in [0.2, 0.25) is 0 Å². The molecule has 1 unspecified atom stereocenters. The van der Waals surface area contributed by atoms with E-state index in [9.17, 15) is 5.11 Å². The molecule has 2 heteroatoms. The second-order valence-electron chi connectivity index (χ2n) is 4.67. The lowest BCUT2D eigenvalue weighted by atomic mass is 10.0. The fraction of sp³-hybridized carbons (Fsp3) is 0.600. The Balaban J connectivity index is 2.67. The summed E-state index contributed by atoms with van der Waals surface area (Å²) >= 11 is 0. The summed E-state index contributed by atoms with van der Waals surface area (Å²) in [6.07, 6.45) is 4.79. The Hall–Kier alpha value is -1.02. The van der Waals surface area contributed by atoms with E-state index in [2.05, 4.69) is 25.8 Å². The van der Waals surface area contributed by atoms with E-state index in [1.807, 2.05) is 18.2 Å². The van der Waals surface area contributed by atoms with Crippen LogP contribution in [0.3, 0.4) is 0 Å². The van der Waals surface area contributed by atoms with Crippen molar-refractivity contribution < 1.29 is 5.11 Å². The van der Waals surface area contributed by atoms with Crippen molar-refractivity contribution in [1.29, 1.82) is 0 Å². The minimum Gasteiger partial charge on any atom is -0.508 e. The van der Waals surface area contributed by atoms with Gasteiger partial charge in [-0.15, -0.1) is 0 Å². The molecular formula is C15H25NO. The Morgan fingerprint density at radius 2 is 1.88 bits per heavy atom. The normalized spacial score (nSPS) is 12.9. The number of rotatable bonds is 7. The quantitative estimate of drug-likeness (QED) is 0.723. The third kappa shape index (κ3) is 4.04. The molecule has 0 saturated heterocycles. The first-order chi connectivity index (χ1) is 8.20. The van der Waals surface area contributed by atoms with Gasteiger partial charge in [-0.05, 0) is 32.5 Å². The Kier molecular flexibility index (Phi) is 6.06. The summed E-state index contributed by atoms with van der Waals surface area (Å²) in [5, 5.41) is 9.91. The number of para-hydroxylation sites is 1. The molecule has 0 spiro atoms. The number of hydrogen-bond acceptors (Lipinski definition) is 2. The molecule has 0 aliphatic rings. The van der Waals surface area contributed by atoms with Gasteiger partial charge in [0.15, 0.2) is 0 Å². The summed E-state index contributed by atoms with van der Waals surface area (Å²) in [6.45, 7) is 5.49. The molecule has 0 fully saturated rings. The van der Waals surface area contributed by atoms with Crippen LogP contribution in [0.1, 0.15) is 51.1 Å². The maximum absolute atomic E-state index is 9.91. The molecule has 0 heterocycles. The minimum absolute atomic E-state index is 0.327. The Labute approximate surface area is 105 Å². The molecule has 96 valence electrons. The van der Waals surface area contributed by atoms with Crippen LogP contribution in [0.4, 0.5) is 0 Å². The summed E-state index contributed by atoms with van der Waals surface area (Å²) in [7, 11) is 2.15. The zero-order valence-electron chi connectivity index (χ0n) is 11.3. The van der Waals surface area contributed by atoms with Crippen molar-refractivity contribution in [1.82, 2.24) is 4.90 Å². The number of aromatic hydroxyl groups is 1. The second kappa shape index (κ2) is 7.33. The van der Waals surface area contributed by atoms with Crippen LogP contribution < -0.4 is 0 Å². The van der Waals surface area contributed by atoms with Gasteiger partial charge >= 0.3 is 0 Å². The smallest absolute Gasteiger partial charge is 0.120 e. The predicted octanol–water partition coefficient (Wildman–Crippen LogP) is 3.97. The highest BCUT2D eigenvalue weighted by Gasteiger charge is 2.17. The highest BCUT2D eigenvalue weighted by atomic mass is 16.3. The van der Waals surface area contributed by atoms with Crippen molar-refractivity contribution in [2.24, 2.45) is 0 Å². The summed E-state index contributed by atoms with van der Waals surface area (Å²) in [5.74, 6) is 0.418. The van der Waals surface area contributed by atoms with Crippen LogP contribution in [0.5, 0.6) is 5.75 Å². The van der Waals surface area contributed by atoms with E-state index in [0.717, 1.165) is 18.5 Å². The van der Waals surface area contributed by atoms with Crippen molar-refractivity contribution in [3.05, 3.63) is 29.8 Å². The lowest BCUT2D eigenvalue weighted by molar-refractivity contribution is 0.229. The SMILES string of the molecule is CCCCCN(C)C(CC)c1ccccc1O. The average Bonchev–Trinajstić information content (AvgIpc) is 2.33. The largest absolute Gasteiger partial charge is 0.508 e. The molecule has 1 aromatic rings. The number of unbranched alkanes of at least 4 members (excludes halogenated alkanes) is 2. The van der Waals surface area contributed by atoms with Gasteiger partial charge in [0.25, 0.3) is 0 Å². The molecule has 0 radical (unpaired) electrons. The Morgan fingerprint density at radius 3 is 2.47 bits per heavy atom. The molecule has 1 aromatic carbocycles. The number of phenols is 1. The first-order valence-electron chi connectivity index (χ1n) is 6.68. The highest BCUT2D eigenvalue weighted by molar-refractivity contribution is 5.34. The standard InChI is InChI=1S/C15H25NO/c1-4-6-9-12-16(3)14(5-2)13-10-7-8-11-15(13)17/h7-8,10-11,14,17H,4-6,9,12H2,1-3H3. The summed E-state index contributed by atoms with van der Waals surface area (Å²) in [5.41, 5.74) is 1.05. The molecule has 0 aromatic heterocycles. The molecule has 17 heavy (non-hydrogen) atoms. The molecule has 2 nitrogen and oxygen atoms in total. The van der Waals surface area contributed by atoms with Gasteiger partial charge in [-0.1, -0.05) is 44.9 Å². The predicted molar refractivity (Wildman–Crippen MR) is 73.3 cm³/mol. The second-order valence-corrected chi connectivity index (χ2v) is 4.67. The molecule has 0 saturated carbocycles. The molecule has 0 aliphatic carbocycles. The first kappa shape index (κ1) is 14.0. The van der Waals surface area contributed by atoms with Gasteiger partial charge in [0.2, 0.25) is 0 Å². The Bertz CT molecular complexity index is 324. The van der Waals surface area contributed by atoms with Gasteiger partial charge < -0.3 is 5.11 Å². The van der Waals surface area contributed by atoms with Crippen LogP contribution in [0.15, 0.2) is 24.3 Å². The number of phenolic OH excluding ortho intramolecular Hbond substituents is 1. The third-order valence-corrected chi connectivity index (χ3v) is 3.33. The number of benzene rings is 1. The number of hydrogen-bond donors (Lipinski definition) is 1. The monoisotopic (exact) mass is 235 g/mol. The fourth-order valence-electron chi connectivity index (χ4n) is 2.31. The van der Waals surface area contributed by atoms with Crippen LogP contribution in [-0.2, 0) is 0 Å². The van der Waals surface area contributed by atoms with Crippen molar-refractivity contribution in [3.8, 4) is 5.75 Å². The van der Waals surface area contributed by atoms with Gasteiger partial charge in [-0.25, -0.2) is 0 Å².